The second kappa shape index (κ2) is 7.03. The summed E-state index contributed by atoms with van der Waals surface area (Å²) in [7, 11) is 0. The number of aromatic nitrogens is 2. The molecule has 3 saturated heterocycles. The largest absolute Gasteiger partial charge is 0.342 e. The minimum atomic E-state index is -0.500. The van der Waals surface area contributed by atoms with Crippen LogP contribution in [0.4, 0.5) is 4.79 Å². The number of carbonyl (C=O) groups excluding carboxylic acids is 2. The number of hydrogen-bond acceptors (Lipinski definition) is 3. The molecule has 4 heterocycles. The summed E-state index contributed by atoms with van der Waals surface area (Å²) in [5.41, 5.74) is 0.470. The molecular formula is C22H33N5O2. The lowest BCUT2D eigenvalue weighted by Crippen LogP contribution is -2.43. The Labute approximate surface area is 173 Å². The van der Waals surface area contributed by atoms with Crippen molar-refractivity contribution in [2.24, 2.45) is 11.3 Å². The van der Waals surface area contributed by atoms with Gasteiger partial charge in [-0.25, -0.2) is 9.78 Å². The molecule has 1 spiro atoms. The molecule has 1 aromatic heterocycles. The van der Waals surface area contributed by atoms with Crippen molar-refractivity contribution in [3.8, 4) is 0 Å². The quantitative estimate of drug-likeness (QED) is 0.782. The molecular weight excluding hydrogens is 366 g/mol. The number of rotatable bonds is 4. The normalized spacial score (nSPS) is 29.8. The molecule has 3 amide bonds. The summed E-state index contributed by atoms with van der Waals surface area (Å²) in [6, 6.07) is 0.447. The molecule has 0 unspecified atom stereocenters. The first-order chi connectivity index (χ1) is 14.0. The van der Waals surface area contributed by atoms with Crippen LogP contribution in [0.15, 0.2) is 12.5 Å². The van der Waals surface area contributed by atoms with Crippen molar-refractivity contribution >= 4 is 11.9 Å². The Morgan fingerprint density at radius 2 is 1.97 bits per heavy atom. The van der Waals surface area contributed by atoms with Crippen LogP contribution in [0.3, 0.4) is 0 Å². The number of amides is 3. The summed E-state index contributed by atoms with van der Waals surface area (Å²) in [4.78, 5) is 37.5. The third-order valence-electron chi connectivity index (χ3n) is 7.48. The number of likely N-dealkylation sites (tertiary alicyclic amines) is 3. The van der Waals surface area contributed by atoms with Gasteiger partial charge in [-0.2, -0.15) is 0 Å². The molecule has 4 fully saturated rings. The molecule has 29 heavy (non-hydrogen) atoms. The molecule has 4 aliphatic rings. The van der Waals surface area contributed by atoms with Gasteiger partial charge in [0.15, 0.2) is 0 Å². The second-order valence-electron chi connectivity index (χ2n) is 9.85. The maximum atomic E-state index is 13.6. The highest BCUT2D eigenvalue weighted by atomic mass is 16.2. The van der Waals surface area contributed by atoms with Crippen molar-refractivity contribution in [1.82, 2.24) is 24.3 Å². The van der Waals surface area contributed by atoms with E-state index < -0.39 is 5.41 Å². The first-order valence-electron chi connectivity index (χ1n) is 11.3. The average Bonchev–Trinajstić information content (AvgIpc) is 3.16. The SMILES string of the molecule is CC(C)n1cnc([C@H]2CN(C(=O)N3CCCC3)C[C@]23CCN(CC2CC2)C3=O)c1. The lowest BCUT2D eigenvalue weighted by atomic mass is 9.75. The van der Waals surface area contributed by atoms with Gasteiger partial charge in [-0.1, -0.05) is 0 Å². The van der Waals surface area contributed by atoms with E-state index in [1.807, 2.05) is 16.1 Å². The predicted molar refractivity (Wildman–Crippen MR) is 109 cm³/mol. The number of urea groups is 1. The molecule has 158 valence electrons. The topological polar surface area (TPSA) is 61.7 Å². The molecule has 1 aliphatic carbocycles. The predicted octanol–water partition coefficient (Wildman–Crippen LogP) is 2.71. The summed E-state index contributed by atoms with van der Waals surface area (Å²) >= 11 is 0. The van der Waals surface area contributed by atoms with Crippen molar-refractivity contribution in [3.63, 3.8) is 0 Å². The van der Waals surface area contributed by atoms with Crippen LogP contribution in [0, 0.1) is 11.3 Å². The van der Waals surface area contributed by atoms with Crippen molar-refractivity contribution in [2.75, 3.05) is 39.3 Å². The van der Waals surface area contributed by atoms with Crippen LogP contribution in [0.25, 0.3) is 0 Å². The van der Waals surface area contributed by atoms with E-state index >= 15 is 0 Å². The summed E-state index contributed by atoms with van der Waals surface area (Å²) in [6.45, 7) is 8.83. The Hall–Kier alpha value is -2.05. The van der Waals surface area contributed by atoms with E-state index in [2.05, 4.69) is 29.5 Å². The fourth-order valence-electron chi connectivity index (χ4n) is 5.47. The molecule has 5 rings (SSSR count). The lowest BCUT2D eigenvalue weighted by molar-refractivity contribution is -0.136. The smallest absolute Gasteiger partial charge is 0.320 e. The highest BCUT2D eigenvalue weighted by Crippen LogP contribution is 2.50. The van der Waals surface area contributed by atoms with Gasteiger partial charge >= 0.3 is 6.03 Å². The fourth-order valence-corrected chi connectivity index (χ4v) is 5.47. The molecule has 7 nitrogen and oxygen atoms in total. The van der Waals surface area contributed by atoms with E-state index in [-0.39, 0.29) is 17.9 Å². The molecule has 0 N–H and O–H groups in total. The van der Waals surface area contributed by atoms with Crippen LogP contribution in [-0.4, -0.2) is 75.5 Å². The third kappa shape index (κ3) is 3.22. The van der Waals surface area contributed by atoms with Crippen molar-refractivity contribution in [1.29, 1.82) is 0 Å². The number of carbonyl (C=O) groups is 2. The van der Waals surface area contributed by atoms with Crippen LogP contribution < -0.4 is 0 Å². The van der Waals surface area contributed by atoms with Crippen LogP contribution in [0.5, 0.6) is 0 Å². The molecule has 1 saturated carbocycles. The number of imidazole rings is 1. The van der Waals surface area contributed by atoms with Crippen LogP contribution in [0.1, 0.15) is 63.6 Å². The zero-order valence-corrected chi connectivity index (χ0v) is 17.7. The molecule has 0 aromatic carbocycles. The van der Waals surface area contributed by atoms with Gasteiger partial charge in [0.2, 0.25) is 5.91 Å². The standard InChI is InChI=1S/C22H33N5O2/c1-16(2)27-13-19(23-15-27)18-12-26(21(29)24-8-3-4-9-24)14-22(18)7-10-25(20(22)28)11-17-5-6-17/h13,15-18H,3-12,14H2,1-2H3/t18-,22-/m1/s1. The van der Waals surface area contributed by atoms with Crippen LogP contribution >= 0.6 is 0 Å². The lowest BCUT2D eigenvalue weighted by Gasteiger charge is -2.28. The summed E-state index contributed by atoms with van der Waals surface area (Å²) in [6.07, 6.45) is 9.47. The zero-order chi connectivity index (χ0) is 20.2. The van der Waals surface area contributed by atoms with Crippen molar-refractivity contribution in [2.45, 2.75) is 57.9 Å². The molecule has 0 radical (unpaired) electrons. The average molecular weight is 400 g/mol. The molecule has 2 atom stereocenters. The highest BCUT2D eigenvalue weighted by molar-refractivity contribution is 5.88. The Morgan fingerprint density at radius 3 is 2.62 bits per heavy atom. The van der Waals surface area contributed by atoms with Crippen LogP contribution in [-0.2, 0) is 4.79 Å². The van der Waals surface area contributed by atoms with Crippen molar-refractivity contribution in [3.05, 3.63) is 18.2 Å². The first-order valence-corrected chi connectivity index (χ1v) is 11.3. The molecule has 7 heteroatoms. The summed E-state index contributed by atoms with van der Waals surface area (Å²) in [5.74, 6) is 0.937. The molecule has 3 aliphatic heterocycles. The van der Waals surface area contributed by atoms with E-state index in [1.54, 1.807) is 0 Å². The van der Waals surface area contributed by atoms with E-state index in [0.717, 1.165) is 51.1 Å². The fraction of sp³-hybridized carbons (Fsp3) is 0.773. The minimum Gasteiger partial charge on any atom is -0.342 e. The van der Waals surface area contributed by atoms with E-state index in [4.69, 9.17) is 4.98 Å². The minimum absolute atomic E-state index is 0.00856. The molecule has 1 aromatic rings. The van der Waals surface area contributed by atoms with Crippen LogP contribution in [0.2, 0.25) is 0 Å². The van der Waals surface area contributed by atoms with Gasteiger partial charge in [-0.3, -0.25) is 4.79 Å². The summed E-state index contributed by atoms with van der Waals surface area (Å²) < 4.78 is 2.11. The van der Waals surface area contributed by atoms with Gasteiger partial charge in [-0.15, -0.1) is 0 Å². The highest BCUT2D eigenvalue weighted by Gasteiger charge is 2.59. The van der Waals surface area contributed by atoms with E-state index in [0.29, 0.717) is 25.0 Å². The number of hydrogen-bond donors (Lipinski definition) is 0. The maximum Gasteiger partial charge on any atom is 0.320 e. The van der Waals surface area contributed by atoms with Gasteiger partial charge in [0, 0.05) is 57.4 Å². The first kappa shape index (κ1) is 18.9. The van der Waals surface area contributed by atoms with Gasteiger partial charge < -0.3 is 19.3 Å². The Balaban J connectivity index is 1.44. The molecule has 0 bridgehead atoms. The van der Waals surface area contributed by atoms with E-state index in [9.17, 15) is 9.59 Å². The Bertz CT molecular complexity index is 795. The van der Waals surface area contributed by atoms with Gasteiger partial charge in [0.1, 0.15) is 0 Å². The van der Waals surface area contributed by atoms with Gasteiger partial charge in [0.05, 0.1) is 17.4 Å². The van der Waals surface area contributed by atoms with Crippen molar-refractivity contribution < 1.29 is 9.59 Å². The Morgan fingerprint density at radius 1 is 1.21 bits per heavy atom. The van der Waals surface area contributed by atoms with E-state index in [1.165, 1.54) is 12.8 Å². The number of nitrogens with zero attached hydrogens (tertiary/aromatic N) is 5. The second-order valence-corrected chi connectivity index (χ2v) is 9.85. The summed E-state index contributed by atoms with van der Waals surface area (Å²) in [5, 5.41) is 0. The Kier molecular flexibility index (Phi) is 4.59. The monoisotopic (exact) mass is 399 g/mol. The van der Waals surface area contributed by atoms with Gasteiger partial charge in [-0.05, 0) is 51.9 Å². The maximum absolute atomic E-state index is 13.6. The zero-order valence-electron chi connectivity index (χ0n) is 17.7. The third-order valence-corrected chi connectivity index (χ3v) is 7.48. The van der Waals surface area contributed by atoms with Gasteiger partial charge in [0.25, 0.3) is 0 Å².